The molecule has 2 aliphatic rings. The maximum Gasteiger partial charge on any atom is 0.454 e. The van der Waals surface area contributed by atoms with Gasteiger partial charge >= 0.3 is 7.12 Å². The molecule has 49 heavy (non-hydrogen) atoms. The van der Waals surface area contributed by atoms with Gasteiger partial charge in [0.05, 0.1) is 6.04 Å². The number of likely N-dealkylation sites (tertiary alicyclic amines) is 1. The number of rotatable bonds is 16. The minimum Gasteiger partial charge on any atom is -0.427 e. The van der Waals surface area contributed by atoms with Gasteiger partial charge in [0.1, 0.15) is 18.1 Å². The monoisotopic (exact) mass is 676 g/mol. The summed E-state index contributed by atoms with van der Waals surface area (Å²) in [6, 6.07) is 14.1. The lowest BCUT2D eigenvalue weighted by molar-refractivity contribution is -0.138. The number of hydrogen-bond donors (Lipinski definition) is 7. The van der Waals surface area contributed by atoms with Crippen LogP contribution in [0.5, 0.6) is 0 Å². The van der Waals surface area contributed by atoms with Gasteiger partial charge in [0, 0.05) is 26.1 Å². The number of fused-ring (bicyclic) bond motifs is 1. The van der Waals surface area contributed by atoms with Crippen LogP contribution < -0.4 is 27.0 Å². The van der Waals surface area contributed by atoms with E-state index >= 15 is 0 Å². The van der Waals surface area contributed by atoms with Gasteiger partial charge in [-0.15, -0.1) is 0 Å². The molecule has 0 bridgehead atoms. The number of hydrogen-bond acceptors (Lipinski definition) is 8. The highest BCUT2D eigenvalue weighted by atomic mass is 16.4. The molecule has 2 aliphatic heterocycles. The van der Waals surface area contributed by atoms with Gasteiger partial charge in [0.2, 0.25) is 23.6 Å². The van der Waals surface area contributed by atoms with Crippen molar-refractivity contribution in [3.8, 4) is 0 Å². The van der Waals surface area contributed by atoms with E-state index in [-0.39, 0.29) is 30.0 Å². The van der Waals surface area contributed by atoms with Gasteiger partial charge in [-0.3, -0.25) is 19.2 Å². The molecule has 8 N–H and O–H groups in total. The molecule has 1 saturated heterocycles. The first kappa shape index (κ1) is 38.0. The Hall–Kier alpha value is -3.78. The van der Waals surface area contributed by atoms with Crippen LogP contribution in [-0.4, -0.2) is 89.5 Å². The summed E-state index contributed by atoms with van der Waals surface area (Å²) in [7, 11) is -1.43. The minimum atomic E-state index is -1.43. The lowest BCUT2D eigenvalue weighted by Crippen LogP contribution is -2.59. The van der Waals surface area contributed by atoms with Crippen LogP contribution in [0.2, 0.25) is 5.82 Å². The van der Waals surface area contributed by atoms with Crippen LogP contribution in [0.25, 0.3) is 0 Å². The Labute approximate surface area is 290 Å². The van der Waals surface area contributed by atoms with Gasteiger partial charge in [-0.05, 0) is 79.9 Å². The molecular formula is C36H53BN6O6. The second kappa shape index (κ2) is 18.8. The summed E-state index contributed by atoms with van der Waals surface area (Å²) < 4.78 is 0. The van der Waals surface area contributed by atoms with Crippen molar-refractivity contribution in [2.45, 2.75) is 102 Å². The summed E-state index contributed by atoms with van der Waals surface area (Å²) in [6.07, 6.45) is 3.67. The molecule has 1 unspecified atom stereocenters. The van der Waals surface area contributed by atoms with Crippen LogP contribution in [0.1, 0.15) is 69.1 Å². The van der Waals surface area contributed by atoms with Crippen molar-refractivity contribution in [3.63, 3.8) is 0 Å². The fourth-order valence-electron chi connectivity index (χ4n) is 6.61. The van der Waals surface area contributed by atoms with E-state index < -0.39 is 43.1 Å². The van der Waals surface area contributed by atoms with Crippen molar-refractivity contribution in [1.82, 2.24) is 26.2 Å². The Balaban J connectivity index is 1.47. The summed E-state index contributed by atoms with van der Waals surface area (Å²) in [4.78, 5) is 56.7. The van der Waals surface area contributed by atoms with Crippen molar-refractivity contribution >= 4 is 30.7 Å². The molecule has 0 aromatic heterocycles. The maximum atomic E-state index is 14.0. The summed E-state index contributed by atoms with van der Waals surface area (Å²) in [6.45, 7) is 5.63. The Kier molecular flexibility index (Phi) is 14.6. The number of amides is 4. The van der Waals surface area contributed by atoms with Gasteiger partial charge in [-0.1, -0.05) is 68.4 Å². The highest BCUT2D eigenvalue weighted by molar-refractivity contribution is 6.43. The predicted octanol–water partition coefficient (Wildman–Crippen LogP) is 1.04. The van der Waals surface area contributed by atoms with Crippen molar-refractivity contribution < 1.29 is 29.2 Å². The van der Waals surface area contributed by atoms with Crippen molar-refractivity contribution in [2.75, 3.05) is 19.6 Å². The average Bonchev–Trinajstić information content (AvgIpc) is 3.10. The average molecular weight is 677 g/mol. The molecular weight excluding hydrogens is 623 g/mol. The Bertz CT molecular complexity index is 1390. The van der Waals surface area contributed by atoms with Crippen molar-refractivity contribution in [1.29, 1.82) is 0 Å². The van der Waals surface area contributed by atoms with E-state index in [1.807, 2.05) is 68.4 Å². The number of piperidine rings is 1. The molecule has 0 aliphatic carbocycles. The summed E-state index contributed by atoms with van der Waals surface area (Å²) in [5, 5.41) is 31.2. The third-order valence-electron chi connectivity index (χ3n) is 9.49. The van der Waals surface area contributed by atoms with E-state index in [2.05, 4.69) is 21.3 Å². The number of nitrogens with one attached hydrogen (secondary N) is 4. The number of nitrogens with two attached hydrogens (primary N) is 1. The zero-order chi connectivity index (χ0) is 35.3. The quantitative estimate of drug-likeness (QED) is 0.102. The SMILES string of the molecule is CC(C)CC(NC(=O)[C@@H](Cc1ccccc1)NC(=O)[C@H]1Cc2ccccc2CN1)C(=O)N[C@H](CCCCN)C(=O)N1CCC(B(O)O)CC1. The van der Waals surface area contributed by atoms with Gasteiger partial charge in [0.25, 0.3) is 0 Å². The molecule has 2 aromatic carbocycles. The topological polar surface area (TPSA) is 186 Å². The van der Waals surface area contributed by atoms with Gasteiger partial charge in [-0.2, -0.15) is 0 Å². The minimum absolute atomic E-state index is 0.0417. The van der Waals surface area contributed by atoms with Gasteiger partial charge < -0.3 is 41.9 Å². The highest BCUT2D eigenvalue weighted by Gasteiger charge is 2.35. The molecule has 1 fully saturated rings. The summed E-state index contributed by atoms with van der Waals surface area (Å²) in [5.74, 6) is -1.73. The number of carbonyl (C=O) groups is 4. The van der Waals surface area contributed by atoms with Crippen molar-refractivity contribution in [3.05, 3.63) is 71.3 Å². The highest BCUT2D eigenvalue weighted by Crippen LogP contribution is 2.25. The Morgan fingerprint density at radius 2 is 1.51 bits per heavy atom. The van der Waals surface area contributed by atoms with Crippen LogP contribution in [0.15, 0.2) is 54.6 Å². The number of nitrogens with zero attached hydrogens (tertiary/aromatic N) is 1. The normalized spacial score (nSPS) is 18.2. The van der Waals surface area contributed by atoms with Crippen LogP contribution in [-0.2, 0) is 38.6 Å². The van der Waals surface area contributed by atoms with Gasteiger partial charge in [0.15, 0.2) is 0 Å². The first-order valence-electron chi connectivity index (χ1n) is 17.7. The predicted molar refractivity (Wildman–Crippen MR) is 189 cm³/mol. The largest absolute Gasteiger partial charge is 0.454 e. The smallest absolute Gasteiger partial charge is 0.427 e. The van der Waals surface area contributed by atoms with Crippen LogP contribution in [0, 0.1) is 5.92 Å². The van der Waals surface area contributed by atoms with E-state index in [0.29, 0.717) is 71.1 Å². The molecule has 4 atom stereocenters. The van der Waals surface area contributed by atoms with Crippen LogP contribution in [0.4, 0.5) is 0 Å². The molecule has 2 heterocycles. The molecule has 0 spiro atoms. The first-order valence-corrected chi connectivity index (χ1v) is 17.7. The lowest BCUT2D eigenvalue weighted by Gasteiger charge is -2.34. The zero-order valence-electron chi connectivity index (χ0n) is 28.8. The second-order valence-electron chi connectivity index (χ2n) is 13.8. The van der Waals surface area contributed by atoms with E-state index in [4.69, 9.17) is 5.73 Å². The Morgan fingerprint density at radius 3 is 2.16 bits per heavy atom. The first-order chi connectivity index (χ1) is 23.5. The van der Waals surface area contributed by atoms with E-state index in [1.54, 1.807) is 4.90 Å². The molecule has 4 amide bonds. The third kappa shape index (κ3) is 11.4. The molecule has 266 valence electrons. The molecule has 0 saturated carbocycles. The molecule has 13 heteroatoms. The zero-order valence-corrected chi connectivity index (χ0v) is 28.8. The van der Waals surface area contributed by atoms with Gasteiger partial charge in [-0.25, -0.2) is 0 Å². The molecule has 2 aromatic rings. The van der Waals surface area contributed by atoms with Crippen LogP contribution >= 0.6 is 0 Å². The third-order valence-corrected chi connectivity index (χ3v) is 9.49. The maximum absolute atomic E-state index is 14.0. The number of unbranched alkanes of at least 4 members (excludes halogenated alkanes) is 1. The summed E-state index contributed by atoms with van der Waals surface area (Å²) >= 11 is 0. The second-order valence-corrected chi connectivity index (χ2v) is 13.8. The lowest BCUT2D eigenvalue weighted by atomic mass is 9.67. The van der Waals surface area contributed by atoms with E-state index in [1.165, 1.54) is 0 Å². The van der Waals surface area contributed by atoms with E-state index in [0.717, 1.165) is 16.7 Å². The standard InChI is InChI=1S/C36H53BN6O6/c1-24(2)20-31(34(45)40-29(14-8-9-17-38)36(47)43-18-15-28(16-19-43)37(48)49)41-35(46)32(21-25-10-4-3-5-11-25)42-33(44)30-22-26-12-6-7-13-27(26)23-39-30/h3-7,10-13,24,28-32,39,48-49H,8-9,14-23,38H2,1-2H3,(H,40,45)(H,41,46)(H,42,44)/t29-,30-,31?,32-/m1/s1. The Morgan fingerprint density at radius 1 is 0.878 bits per heavy atom. The number of benzene rings is 2. The molecule has 0 radical (unpaired) electrons. The van der Waals surface area contributed by atoms with Crippen LogP contribution in [0.3, 0.4) is 0 Å². The summed E-state index contributed by atoms with van der Waals surface area (Å²) in [5.41, 5.74) is 8.80. The fraction of sp³-hybridized carbons (Fsp3) is 0.556. The molecule has 4 rings (SSSR count). The van der Waals surface area contributed by atoms with Crippen molar-refractivity contribution in [2.24, 2.45) is 11.7 Å². The molecule has 12 nitrogen and oxygen atoms in total. The fourth-order valence-corrected chi connectivity index (χ4v) is 6.61. The number of carbonyl (C=O) groups excluding carboxylic acids is 4. The van der Waals surface area contributed by atoms with E-state index in [9.17, 15) is 29.2 Å².